The van der Waals surface area contributed by atoms with Gasteiger partial charge in [0.1, 0.15) is 6.29 Å². The Bertz CT molecular complexity index is 1150. The quantitative estimate of drug-likeness (QED) is 0.173. The van der Waals surface area contributed by atoms with Gasteiger partial charge in [-0.1, -0.05) is 77.8 Å². The van der Waals surface area contributed by atoms with Crippen LogP contribution in [0.2, 0.25) is 0 Å². The van der Waals surface area contributed by atoms with E-state index in [1.807, 2.05) is 0 Å². The van der Waals surface area contributed by atoms with Gasteiger partial charge < -0.3 is 19.7 Å². The Morgan fingerprint density at radius 1 is 0.864 bits per heavy atom. The Morgan fingerprint density at radius 3 is 2.27 bits per heavy atom. The molecule has 0 radical (unpaired) electrons. The third kappa shape index (κ3) is 5.64. The van der Waals surface area contributed by atoms with Crippen molar-refractivity contribution < 1.29 is 24.5 Å². The van der Waals surface area contributed by atoms with E-state index in [4.69, 9.17) is 9.47 Å². The minimum atomic E-state index is -1.09. The van der Waals surface area contributed by atoms with Gasteiger partial charge in [-0.15, -0.1) is 0 Å². The summed E-state index contributed by atoms with van der Waals surface area (Å²) < 4.78 is 12.4. The van der Waals surface area contributed by atoms with Gasteiger partial charge in [0.05, 0.1) is 12.2 Å². The highest BCUT2D eigenvalue weighted by atomic mass is 16.7. The first kappa shape index (κ1) is 32.7. The molecule has 5 heteroatoms. The van der Waals surface area contributed by atoms with Crippen LogP contribution in [0.15, 0.2) is 36.0 Å². The number of hydrogen-bond donors (Lipinski definition) is 2. The zero-order valence-electron chi connectivity index (χ0n) is 28.2. The highest BCUT2D eigenvalue weighted by molar-refractivity contribution is 5.73. The van der Waals surface area contributed by atoms with Crippen LogP contribution in [0.1, 0.15) is 118 Å². The molecular formula is C39H60O5. The Balaban J connectivity index is 1.19. The predicted octanol–water partition coefficient (Wildman–Crippen LogP) is 8.16. The van der Waals surface area contributed by atoms with Crippen LogP contribution in [0.4, 0.5) is 0 Å². The Kier molecular flexibility index (Phi) is 8.96. The van der Waals surface area contributed by atoms with Crippen LogP contribution in [-0.2, 0) is 14.3 Å². The van der Waals surface area contributed by atoms with Gasteiger partial charge in [0.15, 0.2) is 12.6 Å². The van der Waals surface area contributed by atoms with Crippen LogP contribution in [0.3, 0.4) is 0 Å². The Labute approximate surface area is 266 Å². The summed E-state index contributed by atoms with van der Waals surface area (Å²) >= 11 is 0. The van der Waals surface area contributed by atoms with Gasteiger partial charge in [0, 0.05) is 18.3 Å². The van der Waals surface area contributed by atoms with Crippen molar-refractivity contribution in [2.24, 2.45) is 57.7 Å². The van der Waals surface area contributed by atoms with Crippen LogP contribution in [0, 0.1) is 57.7 Å². The normalized spacial score (nSPS) is 46.7. The molecule has 0 spiro atoms. The number of fused-ring (bicyclic) bond motifs is 3. The second-order valence-electron chi connectivity index (χ2n) is 17.5. The molecule has 0 bridgehead atoms. The van der Waals surface area contributed by atoms with E-state index in [-0.39, 0.29) is 29.5 Å². The molecule has 12 unspecified atom stereocenters. The second-order valence-corrected chi connectivity index (χ2v) is 17.5. The summed E-state index contributed by atoms with van der Waals surface area (Å²) in [6.45, 7) is 21.3. The van der Waals surface area contributed by atoms with E-state index >= 15 is 0 Å². The first-order valence-corrected chi connectivity index (χ1v) is 17.9. The molecule has 12 atom stereocenters. The van der Waals surface area contributed by atoms with Gasteiger partial charge in [0.2, 0.25) is 0 Å². The van der Waals surface area contributed by atoms with E-state index in [0.29, 0.717) is 46.8 Å². The fraction of sp³-hybridized carbons (Fsp3) is 0.821. The van der Waals surface area contributed by atoms with Gasteiger partial charge in [0.25, 0.3) is 0 Å². The maximum Gasteiger partial charge on any atom is 0.163 e. The summed E-state index contributed by atoms with van der Waals surface area (Å²) in [5.41, 5.74) is 4.26. The summed E-state index contributed by atoms with van der Waals surface area (Å²) in [5, 5.41) is 21.9. The standard InChI is InChI=1S/C39H60O5/c1-23-11-14-29-26(10-8-17-37(29,3)4)27(23)21-31-34-33(35(41)44-36(34)42)30(43-31)20-25(22-40)13-15-28-24(2)12-16-32-38(5,6)18-9-19-39(28,32)7/h13,22,26-36,41-42H,1-2,8-12,14-21H2,3-7H3. The molecule has 2 N–H and O–H groups in total. The zero-order chi connectivity index (χ0) is 31.6. The zero-order valence-corrected chi connectivity index (χ0v) is 28.2. The fourth-order valence-electron chi connectivity index (χ4n) is 12.0. The molecule has 246 valence electrons. The van der Waals surface area contributed by atoms with E-state index in [9.17, 15) is 15.0 Å². The molecule has 4 saturated carbocycles. The number of aldehydes is 1. The molecule has 6 fully saturated rings. The largest absolute Gasteiger partial charge is 0.374 e. The topological polar surface area (TPSA) is 76.0 Å². The summed E-state index contributed by atoms with van der Waals surface area (Å²) in [6.07, 6.45) is 14.5. The van der Waals surface area contributed by atoms with Gasteiger partial charge in [-0.05, 0) is 116 Å². The van der Waals surface area contributed by atoms with Crippen molar-refractivity contribution in [3.63, 3.8) is 0 Å². The number of carbonyl (C=O) groups is 1. The number of hydrogen-bond acceptors (Lipinski definition) is 5. The van der Waals surface area contributed by atoms with Gasteiger partial charge in [-0.3, -0.25) is 4.79 Å². The highest BCUT2D eigenvalue weighted by Crippen LogP contribution is 2.62. The first-order chi connectivity index (χ1) is 20.8. The summed E-state index contributed by atoms with van der Waals surface area (Å²) in [4.78, 5) is 12.5. The third-order valence-electron chi connectivity index (χ3n) is 14.3. The predicted molar refractivity (Wildman–Crippen MR) is 174 cm³/mol. The highest BCUT2D eigenvalue weighted by Gasteiger charge is 2.58. The van der Waals surface area contributed by atoms with Crippen LogP contribution in [0.25, 0.3) is 0 Å². The third-order valence-corrected chi connectivity index (χ3v) is 14.3. The van der Waals surface area contributed by atoms with Crippen molar-refractivity contribution in [3.8, 4) is 0 Å². The average molecular weight is 609 g/mol. The van der Waals surface area contributed by atoms with E-state index in [1.165, 1.54) is 62.5 Å². The summed E-state index contributed by atoms with van der Waals surface area (Å²) in [7, 11) is 0. The Morgan fingerprint density at radius 2 is 1.55 bits per heavy atom. The van der Waals surface area contributed by atoms with Crippen molar-refractivity contribution in [3.05, 3.63) is 36.0 Å². The van der Waals surface area contributed by atoms with E-state index < -0.39 is 12.6 Å². The van der Waals surface area contributed by atoms with Crippen LogP contribution in [-0.4, -0.2) is 41.3 Å². The number of aliphatic hydroxyl groups is 2. The van der Waals surface area contributed by atoms with E-state index in [2.05, 4.69) is 53.9 Å². The van der Waals surface area contributed by atoms with Crippen molar-refractivity contribution in [2.45, 2.75) is 143 Å². The molecule has 0 aromatic carbocycles. The lowest BCUT2D eigenvalue weighted by Gasteiger charge is -2.58. The SMILES string of the molecule is C=C1CCC2C(CCCC2(C)C)C1CC1OC(CC(C=O)=CCC2C(=C)CCC3C(C)(C)CCCC23C)C2C(O)OC(O)C12. The maximum atomic E-state index is 12.5. The number of ether oxygens (including phenoxy) is 2. The minimum absolute atomic E-state index is 0.204. The van der Waals surface area contributed by atoms with Crippen molar-refractivity contribution >= 4 is 6.29 Å². The number of rotatable bonds is 7. The van der Waals surface area contributed by atoms with Crippen molar-refractivity contribution in [1.29, 1.82) is 0 Å². The number of aliphatic hydroxyl groups excluding tert-OH is 2. The lowest BCUT2D eigenvalue weighted by atomic mass is 9.47. The molecule has 2 saturated heterocycles. The van der Waals surface area contributed by atoms with Crippen molar-refractivity contribution in [1.82, 2.24) is 0 Å². The molecular weight excluding hydrogens is 548 g/mol. The summed E-state index contributed by atoms with van der Waals surface area (Å²) in [5.74, 6) is 2.03. The minimum Gasteiger partial charge on any atom is -0.374 e. The molecule has 0 aromatic rings. The molecule has 5 nitrogen and oxygen atoms in total. The van der Waals surface area contributed by atoms with Crippen LogP contribution in [0.5, 0.6) is 0 Å². The lowest BCUT2D eigenvalue weighted by Crippen LogP contribution is -2.49. The molecule has 2 aliphatic heterocycles. The van der Waals surface area contributed by atoms with Crippen LogP contribution < -0.4 is 0 Å². The van der Waals surface area contributed by atoms with E-state index in [1.54, 1.807) is 0 Å². The average Bonchev–Trinajstić information content (AvgIpc) is 3.45. The molecule has 4 aliphatic carbocycles. The van der Waals surface area contributed by atoms with Crippen LogP contribution >= 0.6 is 0 Å². The van der Waals surface area contributed by atoms with Gasteiger partial charge in [-0.2, -0.15) is 0 Å². The monoisotopic (exact) mass is 608 g/mol. The number of carbonyl (C=O) groups excluding carboxylic acids is 1. The molecule has 44 heavy (non-hydrogen) atoms. The van der Waals surface area contributed by atoms with Gasteiger partial charge in [-0.25, -0.2) is 0 Å². The molecule has 0 amide bonds. The van der Waals surface area contributed by atoms with Gasteiger partial charge >= 0.3 is 0 Å². The smallest absolute Gasteiger partial charge is 0.163 e. The van der Waals surface area contributed by atoms with E-state index in [0.717, 1.165) is 37.5 Å². The molecule has 6 aliphatic rings. The molecule has 0 aromatic heterocycles. The fourth-order valence-corrected chi connectivity index (χ4v) is 12.0. The molecule has 6 rings (SSSR count). The summed E-state index contributed by atoms with van der Waals surface area (Å²) in [6, 6.07) is 0. The van der Waals surface area contributed by atoms with Crippen molar-refractivity contribution in [2.75, 3.05) is 0 Å². The Hall–Kier alpha value is -1.27. The maximum absolute atomic E-state index is 12.5. The second kappa shape index (κ2) is 12.1. The number of allylic oxidation sites excluding steroid dienone is 3. The first-order valence-electron chi connectivity index (χ1n) is 17.9. The molecule has 2 heterocycles. The lowest BCUT2D eigenvalue weighted by molar-refractivity contribution is -0.197.